The highest BCUT2D eigenvalue weighted by molar-refractivity contribution is 5.69. The van der Waals surface area contributed by atoms with Crippen LogP contribution in [0, 0.1) is 0 Å². The van der Waals surface area contributed by atoms with Crippen LogP contribution in [0.2, 0.25) is 0 Å². The van der Waals surface area contributed by atoms with E-state index in [0.717, 1.165) is 0 Å². The van der Waals surface area contributed by atoms with Crippen molar-refractivity contribution in [1.82, 2.24) is 0 Å². The molecule has 0 aliphatic rings. The lowest BCUT2D eigenvalue weighted by Gasteiger charge is -2.33. The summed E-state index contributed by atoms with van der Waals surface area (Å²) in [5.41, 5.74) is 4.67. The number of anilines is 4. The summed E-state index contributed by atoms with van der Waals surface area (Å²) in [6.45, 7) is 32.7. The number of hydrogen-bond acceptors (Lipinski definition) is 2. The van der Waals surface area contributed by atoms with E-state index in [4.69, 9.17) is 0 Å². The fraction of sp³-hybridized carbons (Fsp3) is 0.415. The summed E-state index contributed by atoms with van der Waals surface area (Å²) in [4.78, 5) is 4.67. The van der Waals surface area contributed by atoms with Gasteiger partial charge in [0.1, 0.15) is 0 Å². The molecule has 0 heterocycles. The van der Waals surface area contributed by atoms with E-state index in [9.17, 15) is 0 Å². The highest BCUT2D eigenvalue weighted by atomic mass is 15.3. The Bertz CT molecular complexity index is 780. The van der Waals surface area contributed by atoms with Crippen LogP contribution in [0.1, 0.15) is 111 Å². The molecule has 4 aromatic rings. The maximum Gasteiger partial charge on any atom is 0.0999 e. The standard InChI is InChI=1S/C25H22N2.8C2H6/c1-5-13-22(14-6-1)26(23-15-7-2-8-16-23)21-27(24-17-9-3-10-18-24)25-19-11-4-12-20-25;8*1-2/h1-20H,21H2;8*1-2H3. The van der Waals surface area contributed by atoms with E-state index in [1.54, 1.807) is 0 Å². The van der Waals surface area contributed by atoms with E-state index in [-0.39, 0.29) is 0 Å². The third-order valence-corrected chi connectivity index (χ3v) is 4.55. The van der Waals surface area contributed by atoms with Gasteiger partial charge in [-0.25, -0.2) is 0 Å². The lowest BCUT2D eigenvalue weighted by molar-refractivity contribution is 0.926. The van der Waals surface area contributed by atoms with Crippen LogP contribution in [-0.4, -0.2) is 6.67 Å². The van der Waals surface area contributed by atoms with Crippen LogP contribution in [-0.2, 0) is 0 Å². The average molecular weight is 591 g/mol. The Balaban J connectivity index is -0.000000262. The molecule has 0 spiro atoms. The minimum absolute atomic E-state index is 0.710. The van der Waals surface area contributed by atoms with Gasteiger partial charge in [0.15, 0.2) is 0 Å². The maximum atomic E-state index is 2.33. The average Bonchev–Trinajstić information content (AvgIpc) is 3.17. The van der Waals surface area contributed by atoms with E-state index in [0.29, 0.717) is 6.67 Å². The largest absolute Gasteiger partial charge is 0.323 e. The van der Waals surface area contributed by atoms with E-state index in [1.807, 2.05) is 111 Å². The monoisotopic (exact) mass is 591 g/mol. The summed E-state index contributed by atoms with van der Waals surface area (Å²) in [5.74, 6) is 0. The zero-order chi connectivity index (χ0) is 34.3. The van der Waals surface area contributed by atoms with Crippen molar-refractivity contribution in [2.75, 3.05) is 16.5 Å². The molecule has 0 saturated carbocycles. The quantitative estimate of drug-likeness (QED) is 0.206. The van der Waals surface area contributed by atoms with Crippen molar-refractivity contribution >= 4 is 22.7 Å². The molecular formula is C41H70N2. The van der Waals surface area contributed by atoms with Gasteiger partial charge in [-0.1, -0.05) is 184 Å². The summed E-state index contributed by atoms with van der Waals surface area (Å²) in [6.07, 6.45) is 0. The Kier molecular flexibility index (Phi) is 49.1. The number of benzene rings is 4. The molecule has 0 N–H and O–H groups in total. The second kappa shape index (κ2) is 42.9. The summed E-state index contributed by atoms with van der Waals surface area (Å²) in [5, 5.41) is 0. The Hall–Kier alpha value is -3.52. The van der Waals surface area contributed by atoms with Crippen LogP contribution >= 0.6 is 0 Å². The minimum atomic E-state index is 0.710. The normalized spacial score (nSPS) is 7.63. The number of rotatable bonds is 6. The van der Waals surface area contributed by atoms with Gasteiger partial charge in [0.25, 0.3) is 0 Å². The Morgan fingerprint density at radius 2 is 0.395 bits per heavy atom. The summed E-state index contributed by atoms with van der Waals surface area (Å²) in [6, 6.07) is 42.1. The molecular weight excluding hydrogens is 520 g/mol. The van der Waals surface area contributed by atoms with Gasteiger partial charge in [0, 0.05) is 22.7 Å². The first-order chi connectivity index (χ1) is 21.4. The van der Waals surface area contributed by atoms with Crippen molar-refractivity contribution in [3.63, 3.8) is 0 Å². The van der Waals surface area contributed by atoms with Crippen molar-refractivity contribution in [2.24, 2.45) is 0 Å². The van der Waals surface area contributed by atoms with Gasteiger partial charge in [-0.3, -0.25) is 0 Å². The van der Waals surface area contributed by atoms with Crippen molar-refractivity contribution in [3.8, 4) is 0 Å². The van der Waals surface area contributed by atoms with Crippen LogP contribution in [0.5, 0.6) is 0 Å². The van der Waals surface area contributed by atoms with Gasteiger partial charge in [0.05, 0.1) is 6.67 Å². The van der Waals surface area contributed by atoms with Gasteiger partial charge in [-0.15, -0.1) is 0 Å². The smallest absolute Gasteiger partial charge is 0.0999 e. The van der Waals surface area contributed by atoms with E-state index in [1.165, 1.54) is 22.7 Å². The van der Waals surface area contributed by atoms with Gasteiger partial charge in [-0.2, -0.15) is 0 Å². The SMILES string of the molecule is CC.CC.CC.CC.CC.CC.CC.CC.c1ccc(N(CN(c2ccccc2)c2ccccc2)c2ccccc2)cc1. The fourth-order valence-corrected chi connectivity index (χ4v) is 3.20. The lowest BCUT2D eigenvalue weighted by atomic mass is 10.2. The second-order valence-corrected chi connectivity index (χ2v) is 6.34. The molecule has 0 saturated heterocycles. The second-order valence-electron chi connectivity index (χ2n) is 6.34. The third-order valence-electron chi connectivity index (χ3n) is 4.55. The van der Waals surface area contributed by atoms with Gasteiger partial charge in [0.2, 0.25) is 0 Å². The van der Waals surface area contributed by atoms with Crippen LogP contribution in [0.4, 0.5) is 22.7 Å². The first kappa shape index (κ1) is 49.2. The predicted octanol–water partition coefficient (Wildman–Crippen LogP) is 14.8. The Morgan fingerprint density at radius 1 is 0.256 bits per heavy atom. The first-order valence-corrected chi connectivity index (χ1v) is 17.2. The van der Waals surface area contributed by atoms with Crippen LogP contribution in [0.3, 0.4) is 0 Å². The van der Waals surface area contributed by atoms with E-state index >= 15 is 0 Å². The number of para-hydroxylation sites is 4. The van der Waals surface area contributed by atoms with E-state index in [2.05, 4.69) is 131 Å². The van der Waals surface area contributed by atoms with Crippen LogP contribution in [0.15, 0.2) is 121 Å². The van der Waals surface area contributed by atoms with Crippen molar-refractivity contribution in [1.29, 1.82) is 0 Å². The molecule has 4 rings (SSSR count). The Labute approximate surface area is 270 Å². The highest BCUT2D eigenvalue weighted by Gasteiger charge is 2.16. The third kappa shape index (κ3) is 21.8. The van der Waals surface area contributed by atoms with Gasteiger partial charge < -0.3 is 9.80 Å². The molecule has 4 aromatic carbocycles. The molecule has 2 nitrogen and oxygen atoms in total. The number of nitrogens with zero attached hydrogens (tertiary/aromatic N) is 2. The molecule has 0 fully saturated rings. The summed E-state index contributed by atoms with van der Waals surface area (Å²) < 4.78 is 0. The molecule has 2 heteroatoms. The minimum Gasteiger partial charge on any atom is -0.323 e. The molecule has 0 aromatic heterocycles. The molecule has 244 valence electrons. The Morgan fingerprint density at radius 3 is 0.535 bits per heavy atom. The molecule has 0 bridgehead atoms. The predicted molar refractivity (Wildman–Crippen MR) is 206 cm³/mol. The zero-order valence-electron chi connectivity index (χ0n) is 31.1. The van der Waals surface area contributed by atoms with Crippen molar-refractivity contribution in [3.05, 3.63) is 121 Å². The van der Waals surface area contributed by atoms with Crippen LogP contribution in [0.25, 0.3) is 0 Å². The molecule has 0 aliphatic heterocycles. The fourth-order valence-electron chi connectivity index (χ4n) is 3.20. The molecule has 0 amide bonds. The number of hydrogen-bond donors (Lipinski definition) is 0. The molecule has 0 unspecified atom stereocenters. The first-order valence-electron chi connectivity index (χ1n) is 17.2. The molecule has 0 radical (unpaired) electrons. The van der Waals surface area contributed by atoms with Gasteiger partial charge in [-0.05, 0) is 48.5 Å². The molecule has 0 atom stereocenters. The summed E-state index contributed by atoms with van der Waals surface area (Å²) >= 11 is 0. The zero-order valence-corrected chi connectivity index (χ0v) is 31.1. The molecule has 0 aliphatic carbocycles. The van der Waals surface area contributed by atoms with Crippen molar-refractivity contribution < 1.29 is 0 Å². The summed E-state index contributed by atoms with van der Waals surface area (Å²) in [7, 11) is 0. The maximum absolute atomic E-state index is 2.33. The lowest BCUT2D eigenvalue weighted by Crippen LogP contribution is -2.32. The van der Waals surface area contributed by atoms with E-state index < -0.39 is 0 Å². The highest BCUT2D eigenvalue weighted by Crippen LogP contribution is 2.30. The topological polar surface area (TPSA) is 6.48 Å². The molecule has 43 heavy (non-hydrogen) atoms. The van der Waals surface area contributed by atoms with Crippen LogP contribution < -0.4 is 9.80 Å². The van der Waals surface area contributed by atoms with Crippen molar-refractivity contribution in [2.45, 2.75) is 111 Å². The van der Waals surface area contributed by atoms with Gasteiger partial charge >= 0.3 is 0 Å².